The number of benzene rings is 1. The zero-order chi connectivity index (χ0) is 16.5. The van der Waals surface area contributed by atoms with Gasteiger partial charge in [0.05, 0.1) is 19.8 Å². The van der Waals surface area contributed by atoms with Gasteiger partial charge in [-0.2, -0.15) is 0 Å². The standard InChI is InChI=1S/C16H24N4O3.2ClH/c17-7-1-2-15(21)18-13-3-5-14(6-4-13)19-16(22)12-20-8-10-23-11-9-20;;/h3-6H,1-2,7-12,17H2,(H,18,21)(H,19,22);2*1H. The van der Waals surface area contributed by atoms with Gasteiger partial charge in [-0.25, -0.2) is 0 Å². The van der Waals surface area contributed by atoms with Crippen molar-refractivity contribution >= 4 is 48.0 Å². The van der Waals surface area contributed by atoms with Crippen molar-refractivity contribution in [3.8, 4) is 0 Å². The molecule has 25 heavy (non-hydrogen) atoms. The molecule has 0 saturated carbocycles. The highest BCUT2D eigenvalue weighted by Crippen LogP contribution is 2.14. The average Bonchev–Trinajstić information content (AvgIpc) is 2.55. The Morgan fingerprint density at radius 2 is 1.52 bits per heavy atom. The molecule has 1 aliphatic heterocycles. The van der Waals surface area contributed by atoms with Crippen LogP contribution in [0.15, 0.2) is 24.3 Å². The van der Waals surface area contributed by atoms with E-state index in [4.69, 9.17) is 10.5 Å². The van der Waals surface area contributed by atoms with Gasteiger partial charge in [0.25, 0.3) is 0 Å². The van der Waals surface area contributed by atoms with E-state index in [9.17, 15) is 9.59 Å². The minimum atomic E-state index is -0.0560. The molecule has 0 bridgehead atoms. The van der Waals surface area contributed by atoms with Gasteiger partial charge in [-0.3, -0.25) is 14.5 Å². The van der Waals surface area contributed by atoms with E-state index in [1.54, 1.807) is 24.3 Å². The van der Waals surface area contributed by atoms with Crippen LogP contribution in [0.4, 0.5) is 11.4 Å². The predicted molar refractivity (Wildman–Crippen MR) is 104 cm³/mol. The monoisotopic (exact) mass is 392 g/mol. The maximum absolute atomic E-state index is 12.0. The van der Waals surface area contributed by atoms with Gasteiger partial charge in [0.1, 0.15) is 0 Å². The molecular weight excluding hydrogens is 367 g/mol. The van der Waals surface area contributed by atoms with Crippen LogP contribution in [-0.4, -0.2) is 56.1 Å². The number of halogens is 2. The molecule has 4 N–H and O–H groups in total. The summed E-state index contributed by atoms with van der Waals surface area (Å²) in [6.45, 7) is 3.77. The van der Waals surface area contributed by atoms with E-state index >= 15 is 0 Å². The van der Waals surface area contributed by atoms with Crippen molar-refractivity contribution in [3.63, 3.8) is 0 Å². The molecule has 1 saturated heterocycles. The molecule has 7 nitrogen and oxygen atoms in total. The van der Waals surface area contributed by atoms with Crippen LogP contribution < -0.4 is 16.4 Å². The molecule has 0 spiro atoms. The highest BCUT2D eigenvalue weighted by molar-refractivity contribution is 5.93. The Kier molecular flexibility index (Phi) is 12.2. The number of ether oxygens (including phenoxy) is 1. The zero-order valence-corrected chi connectivity index (χ0v) is 15.7. The van der Waals surface area contributed by atoms with Gasteiger partial charge >= 0.3 is 0 Å². The lowest BCUT2D eigenvalue weighted by Gasteiger charge is -2.25. The molecule has 1 aliphatic rings. The van der Waals surface area contributed by atoms with E-state index in [0.717, 1.165) is 13.1 Å². The number of anilines is 2. The number of nitrogens with zero attached hydrogens (tertiary/aromatic N) is 1. The van der Waals surface area contributed by atoms with Gasteiger partial charge < -0.3 is 21.1 Å². The average molecular weight is 393 g/mol. The first-order valence-electron chi connectivity index (χ1n) is 7.87. The summed E-state index contributed by atoms with van der Waals surface area (Å²) in [5.41, 5.74) is 6.79. The summed E-state index contributed by atoms with van der Waals surface area (Å²) in [4.78, 5) is 25.7. The van der Waals surface area contributed by atoms with Crippen molar-refractivity contribution in [2.24, 2.45) is 5.73 Å². The van der Waals surface area contributed by atoms with Crippen LogP contribution in [0, 0.1) is 0 Å². The third-order valence-electron chi connectivity index (χ3n) is 3.53. The lowest BCUT2D eigenvalue weighted by Crippen LogP contribution is -2.41. The highest BCUT2D eigenvalue weighted by Gasteiger charge is 2.14. The van der Waals surface area contributed by atoms with Crippen LogP contribution in [0.1, 0.15) is 12.8 Å². The Balaban J connectivity index is 0.00000288. The summed E-state index contributed by atoms with van der Waals surface area (Å²) < 4.78 is 5.25. The van der Waals surface area contributed by atoms with Gasteiger partial charge in [0.15, 0.2) is 0 Å². The quantitative estimate of drug-likeness (QED) is 0.652. The van der Waals surface area contributed by atoms with E-state index < -0.39 is 0 Å². The first-order valence-corrected chi connectivity index (χ1v) is 7.87. The summed E-state index contributed by atoms with van der Waals surface area (Å²) in [5.74, 6) is -0.105. The molecule has 2 rings (SSSR count). The van der Waals surface area contributed by atoms with Crippen molar-refractivity contribution in [1.29, 1.82) is 0 Å². The summed E-state index contributed by atoms with van der Waals surface area (Å²) in [5, 5.41) is 5.65. The fourth-order valence-corrected chi connectivity index (χ4v) is 2.29. The number of morpholine rings is 1. The molecular formula is C16H26Cl2N4O3. The Morgan fingerprint density at radius 1 is 1.00 bits per heavy atom. The van der Waals surface area contributed by atoms with Crippen molar-refractivity contribution in [1.82, 2.24) is 4.90 Å². The van der Waals surface area contributed by atoms with E-state index in [2.05, 4.69) is 15.5 Å². The smallest absolute Gasteiger partial charge is 0.238 e. The molecule has 0 atom stereocenters. The number of amides is 2. The third kappa shape index (κ3) is 9.04. The number of rotatable bonds is 7. The SMILES string of the molecule is Cl.Cl.NCCCC(=O)Nc1ccc(NC(=O)CN2CCOCC2)cc1. The molecule has 2 amide bonds. The second-order valence-corrected chi connectivity index (χ2v) is 5.45. The third-order valence-corrected chi connectivity index (χ3v) is 3.53. The minimum Gasteiger partial charge on any atom is -0.379 e. The molecule has 1 aromatic carbocycles. The van der Waals surface area contributed by atoms with Gasteiger partial charge in [-0.1, -0.05) is 0 Å². The molecule has 0 radical (unpaired) electrons. The van der Waals surface area contributed by atoms with Gasteiger partial charge in [-0.15, -0.1) is 24.8 Å². The second kappa shape index (κ2) is 12.9. The summed E-state index contributed by atoms with van der Waals surface area (Å²) >= 11 is 0. The largest absolute Gasteiger partial charge is 0.379 e. The van der Waals surface area contributed by atoms with E-state index in [-0.39, 0.29) is 36.6 Å². The van der Waals surface area contributed by atoms with Crippen molar-refractivity contribution in [2.75, 3.05) is 50.0 Å². The number of hydrogen-bond donors (Lipinski definition) is 3. The highest BCUT2D eigenvalue weighted by atomic mass is 35.5. The molecule has 9 heteroatoms. The number of carbonyl (C=O) groups excluding carboxylic acids is 2. The summed E-state index contributed by atoms with van der Waals surface area (Å²) in [7, 11) is 0. The first kappa shape index (κ1) is 23.6. The van der Waals surface area contributed by atoms with Gasteiger partial charge in [-0.05, 0) is 37.2 Å². The maximum atomic E-state index is 12.0. The number of nitrogens with two attached hydrogens (primary N) is 1. The van der Waals surface area contributed by atoms with Crippen LogP contribution in [-0.2, 0) is 14.3 Å². The number of carbonyl (C=O) groups is 2. The van der Waals surface area contributed by atoms with Crippen LogP contribution in [0.25, 0.3) is 0 Å². The van der Waals surface area contributed by atoms with Gasteiger partial charge in [0, 0.05) is 30.9 Å². The zero-order valence-electron chi connectivity index (χ0n) is 14.0. The van der Waals surface area contributed by atoms with E-state index in [1.807, 2.05) is 0 Å². The van der Waals surface area contributed by atoms with Crippen molar-refractivity contribution in [3.05, 3.63) is 24.3 Å². The molecule has 0 aliphatic carbocycles. The van der Waals surface area contributed by atoms with Crippen LogP contribution in [0.5, 0.6) is 0 Å². The summed E-state index contributed by atoms with van der Waals surface area (Å²) in [6.07, 6.45) is 1.08. The Bertz CT molecular complexity index is 523. The maximum Gasteiger partial charge on any atom is 0.238 e. The number of nitrogens with one attached hydrogen (secondary N) is 2. The lowest BCUT2D eigenvalue weighted by atomic mass is 10.2. The molecule has 0 aromatic heterocycles. The Hall–Kier alpha value is -1.38. The lowest BCUT2D eigenvalue weighted by molar-refractivity contribution is -0.118. The number of hydrogen-bond acceptors (Lipinski definition) is 5. The van der Waals surface area contributed by atoms with Gasteiger partial charge in [0.2, 0.25) is 11.8 Å². The van der Waals surface area contributed by atoms with Crippen LogP contribution in [0.2, 0.25) is 0 Å². The van der Waals surface area contributed by atoms with Crippen LogP contribution >= 0.6 is 24.8 Å². The molecule has 1 fully saturated rings. The molecule has 0 unspecified atom stereocenters. The van der Waals surface area contributed by atoms with Crippen LogP contribution in [0.3, 0.4) is 0 Å². The Labute approximate surface area is 160 Å². The minimum absolute atomic E-state index is 0. The normalized spacial score (nSPS) is 14.0. The van der Waals surface area contributed by atoms with E-state index in [1.165, 1.54) is 0 Å². The fourth-order valence-electron chi connectivity index (χ4n) is 2.29. The molecule has 1 aromatic rings. The first-order chi connectivity index (χ1) is 11.2. The predicted octanol–water partition coefficient (Wildman–Crippen LogP) is 1.48. The topological polar surface area (TPSA) is 96.7 Å². The summed E-state index contributed by atoms with van der Waals surface area (Å²) in [6, 6.07) is 7.08. The fraction of sp³-hybridized carbons (Fsp3) is 0.500. The second-order valence-electron chi connectivity index (χ2n) is 5.45. The molecule has 142 valence electrons. The van der Waals surface area contributed by atoms with Crippen molar-refractivity contribution in [2.45, 2.75) is 12.8 Å². The van der Waals surface area contributed by atoms with Crippen molar-refractivity contribution < 1.29 is 14.3 Å². The Morgan fingerprint density at radius 3 is 2.04 bits per heavy atom. The van der Waals surface area contributed by atoms with E-state index in [0.29, 0.717) is 50.5 Å². The molecule has 1 heterocycles.